The van der Waals surface area contributed by atoms with E-state index in [-0.39, 0.29) is 17.9 Å². The van der Waals surface area contributed by atoms with E-state index in [9.17, 15) is 9.59 Å². The Balaban J connectivity index is 1.50. The molecule has 0 aromatic carbocycles. The maximum Gasteiger partial charge on any atom is 0.223 e. The summed E-state index contributed by atoms with van der Waals surface area (Å²) in [6.07, 6.45) is 5.19. The van der Waals surface area contributed by atoms with Gasteiger partial charge in [-0.1, -0.05) is 12.1 Å². The van der Waals surface area contributed by atoms with Gasteiger partial charge in [-0.3, -0.25) is 14.5 Å². The molecule has 28 heavy (non-hydrogen) atoms. The number of hydrogen-bond acceptors (Lipinski definition) is 6. The molecule has 0 aliphatic carbocycles. The molecule has 1 N–H and O–H groups in total. The topological polar surface area (TPSA) is 91.6 Å². The van der Waals surface area contributed by atoms with Crippen molar-refractivity contribution in [3.63, 3.8) is 0 Å². The molecule has 0 unspecified atom stereocenters. The third-order valence-electron chi connectivity index (χ3n) is 6.49. The van der Waals surface area contributed by atoms with Gasteiger partial charge in [0.1, 0.15) is 0 Å². The second-order valence-electron chi connectivity index (χ2n) is 8.56. The van der Waals surface area contributed by atoms with Crippen LogP contribution in [0, 0.1) is 18.8 Å². The van der Waals surface area contributed by atoms with Crippen LogP contribution in [0.5, 0.6) is 0 Å². The molecule has 4 atom stereocenters. The maximum atomic E-state index is 12.8. The van der Waals surface area contributed by atoms with Crippen molar-refractivity contribution in [2.45, 2.75) is 71.0 Å². The first-order chi connectivity index (χ1) is 13.5. The number of amides is 2. The van der Waals surface area contributed by atoms with Crippen molar-refractivity contribution >= 4 is 11.8 Å². The summed E-state index contributed by atoms with van der Waals surface area (Å²) in [5, 5.41) is 7.13. The summed E-state index contributed by atoms with van der Waals surface area (Å²) in [7, 11) is 0. The highest BCUT2D eigenvalue weighted by molar-refractivity contribution is 5.78. The highest BCUT2D eigenvalue weighted by Crippen LogP contribution is 2.41. The number of aromatic nitrogens is 2. The van der Waals surface area contributed by atoms with Gasteiger partial charge in [0.05, 0.1) is 12.6 Å². The minimum absolute atomic E-state index is 0.0839. The number of piperidine rings is 3. The Hall–Kier alpha value is -1.96. The number of rotatable bonds is 6. The minimum Gasteiger partial charge on any atom is -0.354 e. The van der Waals surface area contributed by atoms with E-state index in [1.807, 2.05) is 13.8 Å². The summed E-state index contributed by atoms with van der Waals surface area (Å²) >= 11 is 0. The minimum atomic E-state index is 0.0839. The lowest BCUT2D eigenvalue weighted by Crippen LogP contribution is -2.67. The van der Waals surface area contributed by atoms with E-state index in [1.54, 1.807) is 0 Å². The normalized spacial score (nSPS) is 30.2. The zero-order chi connectivity index (χ0) is 19.7. The van der Waals surface area contributed by atoms with Crippen molar-refractivity contribution in [3.05, 3.63) is 11.7 Å². The summed E-state index contributed by atoms with van der Waals surface area (Å²) in [4.78, 5) is 33.7. The molecule has 8 heteroatoms. The Bertz CT molecular complexity index is 720. The first kappa shape index (κ1) is 19.4. The van der Waals surface area contributed by atoms with Crippen molar-refractivity contribution < 1.29 is 14.1 Å². The largest absolute Gasteiger partial charge is 0.354 e. The van der Waals surface area contributed by atoms with E-state index in [2.05, 4.69) is 25.3 Å². The first-order valence-corrected chi connectivity index (χ1v) is 10.6. The molecule has 3 aliphatic rings. The van der Waals surface area contributed by atoms with Crippen LogP contribution in [0.4, 0.5) is 0 Å². The average Bonchev–Trinajstić information content (AvgIpc) is 3.07. The smallest absolute Gasteiger partial charge is 0.223 e. The van der Waals surface area contributed by atoms with Gasteiger partial charge in [-0.25, -0.2) is 0 Å². The fraction of sp³-hybridized carbons (Fsp3) is 0.800. The van der Waals surface area contributed by atoms with Crippen LogP contribution in [0.3, 0.4) is 0 Å². The van der Waals surface area contributed by atoms with Gasteiger partial charge in [0.15, 0.2) is 5.82 Å². The molecule has 3 aliphatic heterocycles. The van der Waals surface area contributed by atoms with Gasteiger partial charge in [0.25, 0.3) is 0 Å². The Kier molecular flexibility index (Phi) is 5.66. The van der Waals surface area contributed by atoms with Crippen LogP contribution < -0.4 is 5.32 Å². The van der Waals surface area contributed by atoms with Crippen molar-refractivity contribution in [2.75, 3.05) is 19.6 Å². The molecule has 0 saturated carbocycles. The number of nitrogens with zero attached hydrogens (tertiary/aromatic N) is 4. The third kappa shape index (κ3) is 3.92. The monoisotopic (exact) mass is 389 g/mol. The molecule has 0 radical (unpaired) electrons. The van der Waals surface area contributed by atoms with Crippen molar-refractivity contribution in [2.24, 2.45) is 11.8 Å². The molecule has 3 saturated heterocycles. The van der Waals surface area contributed by atoms with E-state index in [4.69, 9.17) is 4.52 Å². The van der Waals surface area contributed by atoms with Gasteiger partial charge in [-0.2, -0.15) is 4.98 Å². The van der Waals surface area contributed by atoms with Crippen molar-refractivity contribution in [3.8, 4) is 0 Å². The fourth-order valence-electron chi connectivity index (χ4n) is 5.40. The lowest BCUT2D eigenvalue weighted by molar-refractivity contribution is -0.153. The van der Waals surface area contributed by atoms with E-state index in [0.717, 1.165) is 44.6 Å². The number of fused-ring (bicyclic) bond motifs is 4. The molecule has 4 rings (SSSR count). The molecule has 2 amide bonds. The van der Waals surface area contributed by atoms with Gasteiger partial charge >= 0.3 is 0 Å². The van der Waals surface area contributed by atoms with E-state index in [0.29, 0.717) is 49.7 Å². The zero-order valence-electron chi connectivity index (χ0n) is 16.9. The number of hydrogen-bond donors (Lipinski definition) is 1. The highest BCUT2D eigenvalue weighted by Gasteiger charge is 2.49. The Morgan fingerprint density at radius 2 is 2.14 bits per heavy atom. The fourth-order valence-corrected chi connectivity index (χ4v) is 5.40. The van der Waals surface area contributed by atoms with Crippen LogP contribution in [0.15, 0.2) is 4.52 Å². The lowest BCUT2D eigenvalue weighted by Gasteiger charge is -2.56. The number of aryl methyl sites for hydroxylation is 1. The van der Waals surface area contributed by atoms with Crippen molar-refractivity contribution in [1.29, 1.82) is 0 Å². The third-order valence-corrected chi connectivity index (χ3v) is 6.49. The van der Waals surface area contributed by atoms with Crippen LogP contribution in [-0.2, 0) is 16.1 Å². The second kappa shape index (κ2) is 8.19. The number of carbonyl (C=O) groups is 2. The van der Waals surface area contributed by atoms with E-state index >= 15 is 0 Å². The van der Waals surface area contributed by atoms with Crippen LogP contribution in [0.2, 0.25) is 0 Å². The summed E-state index contributed by atoms with van der Waals surface area (Å²) in [6, 6.07) is 0.380. The molecule has 4 heterocycles. The van der Waals surface area contributed by atoms with Gasteiger partial charge in [0.2, 0.25) is 17.7 Å². The Morgan fingerprint density at radius 1 is 1.32 bits per heavy atom. The molecule has 2 bridgehead atoms. The molecule has 1 aromatic rings. The number of nitrogens with one attached hydrogen (secondary N) is 1. The maximum absolute atomic E-state index is 12.8. The van der Waals surface area contributed by atoms with Gasteiger partial charge in [-0.15, -0.1) is 0 Å². The van der Waals surface area contributed by atoms with Crippen LogP contribution in [0.25, 0.3) is 0 Å². The quantitative estimate of drug-likeness (QED) is 0.793. The van der Waals surface area contributed by atoms with Crippen LogP contribution in [-0.4, -0.2) is 63.5 Å². The molecule has 3 fully saturated rings. The number of carbonyl (C=O) groups excluding carboxylic acids is 2. The lowest BCUT2D eigenvalue weighted by atomic mass is 9.72. The van der Waals surface area contributed by atoms with Crippen LogP contribution >= 0.6 is 0 Å². The highest BCUT2D eigenvalue weighted by atomic mass is 16.5. The van der Waals surface area contributed by atoms with Crippen LogP contribution in [0.1, 0.15) is 57.2 Å². The van der Waals surface area contributed by atoms with Gasteiger partial charge in [-0.05, 0) is 37.5 Å². The molecular formula is C20H31N5O3. The first-order valence-electron chi connectivity index (χ1n) is 10.6. The SMILES string of the molecule is CCCC(=O)NC[C@H]1[C@H]2C[C@H](CN(Cc3noc(C)n3)C2)[C@@H]2CCCC(=O)N21. The predicted molar refractivity (Wildman–Crippen MR) is 102 cm³/mol. The van der Waals surface area contributed by atoms with E-state index < -0.39 is 0 Å². The standard InChI is InChI=1S/C20H31N5O3/c1-3-5-19(26)21-9-17-15-8-14(16-6-4-7-20(27)25(16)17)10-24(11-15)12-18-22-13(2)28-23-18/h14-17H,3-12H2,1-2H3,(H,21,26)/t14-,15+,16+,17+/m1/s1. The summed E-state index contributed by atoms with van der Waals surface area (Å²) in [5.74, 6) is 2.52. The van der Waals surface area contributed by atoms with Gasteiger partial charge < -0.3 is 14.7 Å². The predicted octanol–water partition coefficient (Wildman–Crippen LogP) is 1.50. The Labute approximate surface area is 166 Å². The molecule has 154 valence electrons. The molecule has 0 spiro atoms. The molecule has 8 nitrogen and oxygen atoms in total. The molecule has 1 aromatic heterocycles. The Morgan fingerprint density at radius 3 is 2.89 bits per heavy atom. The zero-order valence-corrected chi connectivity index (χ0v) is 16.9. The van der Waals surface area contributed by atoms with E-state index in [1.165, 1.54) is 0 Å². The van der Waals surface area contributed by atoms with Gasteiger partial charge in [0, 0.05) is 45.4 Å². The summed E-state index contributed by atoms with van der Waals surface area (Å²) in [6.45, 7) is 6.92. The number of likely N-dealkylation sites (tertiary alicyclic amines) is 1. The second-order valence-corrected chi connectivity index (χ2v) is 8.56. The summed E-state index contributed by atoms with van der Waals surface area (Å²) in [5.41, 5.74) is 0. The van der Waals surface area contributed by atoms with Crippen molar-refractivity contribution in [1.82, 2.24) is 25.3 Å². The summed E-state index contributed by atoms with van der Waals surface area (Å²) < 4.78 is 5.12. The molecular weight excluding hydrogens is 358 g/mol. The average molecular weight is 390 g/mol.